The summed E-state index contributed by atoms with van der Waals surface area (Å²) in [7, 11) is 0. The summed E-state index contributed by atoms with van der Waals surface area (Å²) in [5.41, 5.74) is 5.99. The molecule has 4 aromatic rings. The molecule has 0 spiro atoms. The van der Waals surface area contributed by atoms with Gasteiger partial charge in [0.05, 0.1) is 0 Å². The summed E-state index contributed by atoms with van der Waals surface area (Å²) in [5.74, 6) is 0. The molecule has 4 rings (SSSR count). The first kappa shape index (κ1) is 21.5. The average molecular weight is 419 g/mol. The van der Waals surface area contributed by atoms with E-state index in [1.54, 1.807) is 0 Å². The molecule has 0 aliphatic rings. The number of benzene rings is 2. The van der Waals surface area contributed by atoms with Gasteiger partial charge in [-0.3, -0.25) is 0 Å². The minimum absolute atomic E-state index is 0.835. The van der Waals surface area contributed by atoms with Crippen molar-refractivity contribution in [3.8, 4) is 0 Å². The molecule has 2 aromatic carbocycles. The van der Waals surface area contributed by atoms with E-state index < -0.39 is 0 Å². The van der Waals surface area contributed by atoms with Crippen molar-refractivity contribution >= 4 is 22.1 Å². The lowest BCUT2D eigenvalue weighted by molar-refractivity contribution is 0.398. The number of hydrogen-bond donors (Lipinski definition) is 0. The van der Waals surface area contributed by atoms with E-state index in [1.165, 1.54) is 79.6 Å². The summed E-state index contributed by atoms with van der Waals surface area (Å²) < 4.78 is 0. The quantitative estimate of drug-likeness (QED) is 0.255. The molecule has 0 amide bonds. The Morgan fingerprint density at radius 1 is 0.645 bits per heavy atom. The van der Waals surface area contributed by atoms with Gasteiger partial charge in [0.2, 0.25) is 0 Å². The average Bonchev–Trinajstić information content (AvgIpc) is 3.39. The number of aryl methyl sites for hydroxylation is 2. The normalized spacial score (nSPS) is 11.7. The van der Waals surface area contributed by atoms with Gasteiger partial charge in [-0.15, -0.1) is 20.4 Å². The second kappa shape index (κ2) is 10.5. The highest BCUT2D eigenvalue weighted by molar-refractivity contribution is 5.78. The SMILES string of the molecule is CCCCCCCCCCCCc1cc(C)c2nn(-n3nc4ccccc4n3)nc2c1. The predicted molar refractivity (Wildman–Crippen MR) is 126 cm³/mol. The molecular weight excluding hydrogens is 384 g/mol. The maximum absolute atomic E-state index is 4.64. The largest absolute Gasteiger partial charge is 0.128 e. The van der Waals surface area contributed by atoms with Crippen LogP contribution in [0.25, 0.3) is 22.1 Å². The molecular formula is C25H34N6. The molecule has 2 aromatic heterocycles. The van der Waals surface area contributed by atoms with Crippen molar-refractivity contribution in [1.82, 2.24) is 30.2 Å². The molecule has 0 aliphatic carbocycles. The molecule has 0 atom stereocenters. The Balaban J connectivity index is 1.31. The highest BCUT2D eigenvalue weighted by atomic mass is 15.8. The lowest BCUT2D eigenvalue weighted by Gasteiger charge is -2.04. The Bertz CT molecular complexity index is 1080. The molecule has 0 aliphatic heterocycles. The Morgan fingerprint density at radius 3 is 1.84 bits per heavy atom. The van der Waals surface area contributed by atoms with Crippen LogP contribution in [0.15, 0.2) is 36.4 Å². The van der Waals surface area contributed by atoms with Crippen molar-refractivity contribution in [2.24, 2.45) is 0 Å². The Kier molecular flexibility index (Phi) is 7.28. The summed E-state index contributed by atoms with van der Waals surface area (Å²) in [6.45, 7) is 4.39. The van der Waals surface area contributed by atoms with Crippen molar-refractivity contribution in [2.75, 3.05) is 0 Å². The van der Waals surface area contributed by atoms with Gasteiger partial charge >= 0.3 is 0 Å². The number of fused-ring (bicyclic) bond motifs is 2. The fourth-order valence-corrected chi connectivity index (χ4v) is 4.22. The maximum Gasteiger partial charge on any atom is 0.118 e. The van der Waals surface area contributed by atoms with E-state index in [9.17, 15) is 0 Å². The predicted octanol–water partition coefficient (Wildman–Crippen LogP) is 6.26. The van der Waals surface area contributed by atoms with Crippen LogP contribution in [0.5, 0.6) is 0 Å². The lowest BCUT2D eigenvalue weighted by atomic mass is 10.0. The van der Waals surface area contributed by atoms with E-state index in [1.807, 2.05) is 24.3 Å². The minimum Gasteiger partial charge on any atom is -0.128 e. The van der Waals surface area contributed by atoms with Crippen LogP contribution in [-0.2, 0) is 6.42 Å². The van der Waals surface area contributed by atoms with Crippen molar-refractivity contribution in [3.63, 3.8) is 0 Å². The zero-order chi connectivity index (χ0) is 21.5. The van der Waals surface area contributed by atoms with Crippen LogP contribution in [0.4, 0.5) is 0 Å². The van der Waals surface area contributed by atoms with Crippen molar-refractivity contribution in [1.29, 1.82) is 0 Å². The summed E-state index contributed by atoms with van der Waals surface area (Å²) >= 11 is 0. The molecule has 0 saturated heterocycles. The first-order valence-electron chi connectivity index (χ1n) is 11.9. The third kappa shape index (κ3) is 5.49. The van der Waals surface area contributed by atoms with E-state index in [2.05, 4.69) is 46.4 Å². The van der Waals surface area contributed by atoms with Crippen LogP contribution in [0.1, 0.15) is 82.3 Å². The van der Waals surface area contributed by atoms with Crippen molar-refractivity contribution in [3.05, 3.63) is 47.5 Å². The van der Waals surface area contributed by atoms with Gasteiger partial charge < -0.3 is 0 Å². The summed E-state index contributed by atoms with van der Waals surface area (Å²) in [6.07, 6.45) is 14.7. The van der Waals surface area contributed by atoms with Crippen LogP contribution < -0.4 is 0 Å². The second-order valence-corrected chi connectivity index (χ2v) is 8.64. The summed E-state index contributed by atoms with van der Waals surface area (Å²) in [4.78, 5) is 2.95. The second-order valence-electron chi connectivity index (χ2n) is 8.64. The topological polar surface area (TPSA) is 61.4 Å². The fourth-order valence-electron chi connectivity index (χ4n) is 4.22. The number of nitrogens with zero attached hydrogens (tertiary/aromatic N) is 6. The third-order valence-electron chi connectivity index (χ3n) is 5.98. The van der Waals surface area contributed by atoms with E-state index in [0.717, 1.165) is 34.1 Å². The summed E-state index contributed by atoms with van der Waals surface area (Å²) in [6, 6.07) is 12.2. The van der Waals surface area contributed by atoms with E-state index in [0.29, 0.717) is 0 Å². The van der Waals surface area contributed by atoms with E-state index in [-0.39, 0.29) is 0 Å². The van der Waals surface area contributed by atoms with Crippen LogP contribution in [0, 0.1) is 6.92 Å². The number of hydrogen-bond acceptors (Lipinski definition) is 4. The van der Waals surface area contributed by atoms with Gasteiger partial charge in [0.15, 0.2) is 0 Å². The van der Waals surface area contributed by atoms with E-state index in [4.69, 9.17) is 0 Å². The zero-order valence-electron chi connectivity index (χ0n) is 18.9. The maximum atomic E-state index is 4.64. The van der Waals surface area contributed by atoms with Crippen LogP contribution in [-0.4, -0.2) is 30.2 Å². The number of aromatic nitrogens is 6. The standard InChI is InChI=1S/C25H34N6/c1-3-4-5-6-7-8-9-10-11-12-15-21-18-20(2)25-24(19-21)28-31(29-25)30-26-22-16-13-14-17-23(22)27-30/h13-14,16-19H,3-12,15H2,1-2H3. The molecule has 0 bridgehead atoms. The van der Waals surface area contributed by atoms with Crippen LogP contribution in [0.2, 0.25) is 0 Å². The van der Waals surface area contributed by atoms with Crippen molar-refractivity contribution < 1.29 is 0 Å². The van der Waals surface area contributed by atoms with Gasteiger partial charge in [-0.1, -0.05) is 82.9 Å². The number of rotatable bonds is 12. The number of unbranched alkanes of at least 4 members (excludes halogenated alkanes) is 9. The third-order valence-corrected chi connectivity index (χ3v) is 5.98. The molecule has 0 saturated carbocycles. The first-order chi connectivity index (χ1) is 15.2. The molecule has 0 unspecified atom stereocenters. The fraction of sp³-hybridized carbons (Fsp3) is 0.520. The van der Waals surface area contributed by atoms with Gasteiger partial charge in [0.25, 0.3) is 0 Å². The molecule has 0 N–H and O–H groups in total. The molecule has 164 valence electrons. The van der Waals surface area contributed by atoms with Gasteiger partial charge in [-0.05, 0) is 58.9 Å². The van der Waals surface area contributed by atoms with Crippen LogP contribution in [0.3, 0.4) is 0 Å². The smallest absolute Gasteiger partial charge is 0.118 e. The van der Waals surface area contributed by atoms with E-state index >= 15 is 0 Å². The van der Waals surface area contributed by atoms with Crippen LogP contribution >= 0.6 is 0 Å². The first-order valence-corrected chi connectivity index (χ1v) is 11.9. The van der Waals surface area contributed by atoms with Gasteiger partial charge in [0, 0.05) is 0 Å². The molecule has 2 heterocycles. The molecule has 0 radical (unpaired) electrons. The Labute approximate surface area is 184 Å². The molecule has 6 heteroatoms. The van der Waals surface area contributed by atoms with Gasteiger partial charge in [0.1, 0.15) is 22.1 Å². The molecule has 0 fully saturated rings. The minimum atomic E-state index is 0.835. The summed E-state index contributed by atoms with van der Waals surface area (Å²) in [5, 5.41) is 18.2. The van der Waals surface area contributed by atoms with Gasteiger partial charge in [-0.2, -0.15) is 0 Å². The molecule has 6 nitrogen and oxygen atoms in total. The highest BCUT2D eigenvalue weighted by Gasteiger charge is 2.11. The monoisotopic (exact) mass is 418 g/mol. The highest BCUT2D eigenvalue weighted by Crippen LogP contribution is 2.20. The van der Waals surface area contributed by atoms with Gasteiger partial charge in [-0.25, -0.2) is 0 Å². The Hall–Kier alpha value is -2.76. The zero-order valence-corrected chi connectivity index (χ0v) is 18.9. The van der Waals surface area contributed by atoms with Crippen molar-refractivity contribution in [2.45, 2.75) is 84.5 Å². The lowest BCUT2D eigenvalue weighted by Crippen LogP contribution is -2.15. The molecule has 31 heavy (non-hydrogen) atoms. The Morgan fingerprint density at radius 2 is 1.19 bits per heavy atom.